The van der Waals surface area contributed by atoms with Crippen LogP contribution in [0.1, 0.15) is 13.8 Å². The summed E-state index contributed by atoms with van der Waals surface area (Å²) < 4.78 is 77.1. The molecule has 0 saturated carbocycles. The summed E-state index contributed by atoms with van der Waals surface area (Å²) in [5.41, 5.74) is -1.93. The van der Waals surface area contributed by atoms with Crippen LogP contribution in [0, 0.1) is 0 Å². The van der Waals surface area contributed by atoms with Gasteiger partial charge in [0.25, 0.3) is 5.91 Å². The number of amides is 2. The first-order valence-electron chi connectivity index (χ1n) is 5.56. The van der Waals surface area contributed by atoms with Crippen LogP contribution in [0.5, 0.6) is 0 Å². The second kappa shape index (κ2) is 6.79. The van der Waals surface area contributed by atoms with Crippen molar-refractivity contribution in [3.05, 3.63) is 12.2 Å². The van der Waals surface area contributed by atoms with E-state index in [1.54, 1.807) is 0 Å². The van der Waals surface area contributed by atoms with Gasteiger partial charge in [-0.3, -0.25) is 14.5 Å². The van der Waals surface area contributed by atoms with Crippen LogP contribution >= 0.6 is 0 Å². The first-order valence-corrected chi connectivity index (χ1v) is 5.56. The van der Waals surface area contributed by atoms with Crippen molar-refractivity contribution < 1.29 is 45.5 Å². The van der Waals surface area contributed by atoms with Gasteiger partial charge in [-0.25, -0.2) is 4.79 Å². The van der Waals surface area contributed by atoms with Crippen molar-refractivity contribution in [2.24, 2.45) is 0 Å². The number of halogens is 6. The van der Waals surface area contributed by atoms with Crippen LogP contribution in [0.4, 0.5) is 26.3 Å². The second-order valence-electron chi connectivity index (χ2n) is 4.21. The summed E-state index contributed by atoms with van der Waals surface area (Å²) in [5, 5.41) is 0. The van der Waals surface area contributed by atoms with Gasteiger partial charge in [-0.15, -0.1) is 0 Å². The van der Waals surface area contributed by atoms with E-state index in [9.17, 15) is 40.7 Å². The number of esters is 1. The van der Waals surface area contributed by atoms with Crippen LogP contribution in [0.15, 0.2) is 12.2 Å². The summed E-state index contributed by atoms with van der Waals surface area (Å²) in [4.78, 5) is 33.2. The predicted octanol–water partition coefficient (Wildman–Crippen LogP) is 1.97. The molecule has 0 saturated heterocycles. The molecule has 5 nitrogen and oxygen atoms in total. The van der Waals surface area contributed by atoms with Gasteiger partial charge in [0.15, 0.2) is 6.61 Å². The summed E-state index contributed by atoms with van der Waals surface area (Å²) in [5.74, 6) is -6.15. The van der Waals surface area contributed by atoms with Crippen molar-refractivity contribution in [2.45, 2.75) is 32.2 Å². The third kappa shape index (κ3) is 5.37. The highest BCUT2D eigenvalue weighted by Gasteiger charge is 2.46. The molecule has 0 heterocycles. The molecular formula is C11H11F6NO4. The largest absolute Gasteiger partial charge is 0.471 e. The standard InChI is InChI=1S/C11H11F6NO4/c1-5(2)18(9(21)11(15,16)17)7(19)4-22-8(20)6(3)10(12,13)14/h5H,3-4H2,1-2H3. The lowest BCUT2D eigenvalue weighted by molar-refractivity contribution is -0.190. The van der Waals surface area contributed by atoms with Gasteiger partial charge in [-0.2, -0.15) is 26.3 Å². The highest BCUT2D eigenvalue weighted by atomic mass is 19.4. The van der Waals surface area contributed by atoms with Crippen molar-refractivity contribution in [1.82, 2.24) is 4.90 Å². The van der Waals surface area contributed by atoms with E-state index in [4.69, 9.17) is 0 Å². The van der Waals surface area contributed by atoms with Gasteiger partial charge in [0.2, 0.25) is 0 Å². The van der Waals surface area contributed by atoms with E-state index < -0.39 is 48.4 Å². The Balaban J connectivity index is 4.92. The monoisotopic (exact) mass is 335 g/mol. The van der Waals surface area contributed by atoms with E-state index in [0.717, 1.165) is 13.8 Å². The molecule has 2 amide bonds. The van der Waals surface area contributed by atoms with E-state index in [-0.39, 0.29) is 4.90 Å². The van der Waals surface area contributed by atoms with Gasteiger partial charge < -0.3 is 4.74 Å². The number of hydrogen-bond donors (Lipinski definition) is 0. The number of imide groups is 1. The molecule has 126 valence electrons. The zero-order valence-electron chi connectivity index (χ0n) is 11.3. The molecule has 0 aromatic rings. The smallest absolute Gasteiger partial charge is 0.452 e. The molecule has 0 rings (SSSR count). The lowest BCUT2D eigenvalue weighted by atomic mass is 10.3. The van der Waals surface area contributed by atoms with Gasteiger partial charge in [0.05, 0.1) is 0 Å². The van der Waals surface area contributed by atoms with E-state index >= 15 is 0 Å². The summed E-state index contributed by atoms with van der Waals surface area (Å²) in [6.45, 7) is 3.06. The molecule has 0 atom stereocenters. The Morgan fingerprint density at radius 2 is 1.50 bits per heavy atom. The maximum absolute atomic E-state index is 12.3. The van der Waals surface area contributed by atoms with Crippen LogP contribution in [-0.2, 0) is 19.1 Å². The maximum Gasteiger partial charge on any atom is 0.471 e. The molecular weight excluding hydrogens is 324 g/mol. The van der Waals surface area contributed by atoms with Crippen molar-refractivity contribution in [3.63, 3.8) is 0 Å². The van der Waals surface area contributed by atoms with E-state index in [1.807, 2.05) is 0 Å². The SMILES string of the molecule is C=C(C(=O)OCC(=O)N(C(=O)C(F)(F)F)C(C)C)C(F)(F)F. The minimum Gasteiger partial charge on any atom is -0.452 e. The highest BCUT2D eigenvalue weighted by molar-refractivity contribution is 6.00. The maximum atomic E-state index is 12.3. The minimum atomic E-state index is -5.36. The highest BCUT2D eigenvalue weighted by Crippen LogP contribution is 2.25. The van der Waals surface area contributed by atoms with Gasteiger partial charge in [-0.1, -0.05) is 6.58 Å². The van der Waals surface area contributed by atoms with Gasteiger partial charge in [-0.05, 0) is 13.8 Å². The van der Waals surface area contributed by atoms with Crippen LogP contribution < -0.4 is 0 Å². The summed E-state index contributed by atoms with van der Waals surface area (Å²) >= 11 is 0. The molecule has 0 aromatic heterocycles. The van der Waals surface area contributed by atoms with Gasteiger partial charge in [0.1, 0.15) is 5.57 Å². The number of nitrogens with zero attached hydrogens (tertiary/aromatic N) is 1. The van der Waals surface area contributed by atoms with Crippen molar-refractivity contribution in [3.8, 4) is 0 Å². The van der Waals surface area contributed by atoms with Crippen LogP contribution in [0.3, 0.4) is 0 Å². The number of carbonyl (C=O) groups excluding carboxylic acids is 3. The predicted molar refractivity (Wildman–Crippen MR) is 59.2 cm³/mol. The normalized spacial score (nSPS) is 12.0. The number of hydrogen-bond acceptors (Lipinski definition) is 4. The fourth-order valence-corrected chi connectivity index (χ4v) is 1.17. The molecule has 0 radical (unpaired) electrons. The minimum absolute atomic E-state index is 0.260. The number of ether oxygens (including phenoxy) is 1. The Hall–Kier alpha value is -2.07. The summed E-state index contributed by atoms with van der Waals surface area (Å²) in [6.07, 6.45) is -10.5. The van der Waals surface area contributed by atoms with E-state index in [0.29, 0.717) is 0 Å². The average Bonchev–Trinajstić information content (AvgIpc) is 2.32. The Morgan fingerprint density at radius 1 is 1.05 bits per heavy atom. The van der Waals surface area contributed by atoms with Crippen molar-refractivity contribution in [2.75, 3.05) is 6.61 Å². The van der Waals surface area contributed by atoms with E-state index in [2.05, 4.69) is 11.3 Å². The Morgan fingerprint density at radius 3 is 1.82 bits per heavy atom. The van der Waals surface area contributed by atoms with Crippen LogP contribution in [-0.4, -0.2) is 47.7 Å². The molecule has 0 fully saturated rings. The Kier molecular flexibility index (Phi) is 6.15. The molecule has 0 N–H and O–H groups in total. The summed E-state index contributed by atoms with van der Waals surface area (Å²) in [6, 6.07) is -1.24. The molecule has 0 bridgehead atoms. The summed E-state index contributed by atoms with van der Waals surface area (Å²) in [7, 11) is 0. The van der Waals surface area contributed by atoms with Crippen molar-refractivity contribution in [1.29, 1.82) is 0 Å². The molecule has 22 heavy (non-hydrogen) atoms. The number of rotatable bonds is 4. The quantitative estimate of drug-likeness (QED) is 0.448. The molecule has 0 aliphatic carbocycles. The lowest BCUT2D eigenvalue weighted by Crippen LogP contribution is -2.50. The molecule has 0 spiro atoms. The third-order valence-electron chi connectivity index (χ3n) is 2.16. The fraction of sp³-hybridized carbons (Fsp3) is 0.545. The topological polar surface area (TPSA) is 63.7 Å². The molecule has 0 aromatic carbocycles. The molecule has 11 heteroatoms. The molecule has 0 aliphatic rings. The Bertz CT molecular complexity index is 480. The zero-order chi connectivity index (χ0) is 17.9. The fourth-order valence-electron chi connectivity index (χ4n) is 1.17. The van der Waals surface area contributed by atoms with Crippen molar-refractivity contribution >= 4 is 17.8 Å². The first kappa shape index (κ1) is 19.9. The number of alkyl halides is 6. The lowest BCUT2D eigenvalue weighted by Gasteiger charge is -2.25. The van der Waals surface area contributed by atoms with E-state index in [1.165, 1.54) is 0 Å². The second-order valence-corrected chi connectivity index (χ2v) is 4.21. The van der Waals surface area contributed by atoms with Crippen LogP contribution in [0.2, 0.25) is 0 Å². The van der Waals surface area contributed by atoms with Gasteiger partial charge >= 0.3 is 24.2 Å². The molecule has 0 unspecified atom stereocenters. The zero-order valence-corrected chi connectivity index (χ0v) is 11.3. The average molecular weight is 335 g/mol. The van der Waals surface area contributed by atoms with Gasteiger partial charge in [0, 0.05) is 6.04 Å². The Labute approximate surface area is 120 Å². The number of carbonyl (C=O) groups is 3. The molecule has 0 aliphatic heterocycles. The van der Waals surface area contributed by atoms with Crippen LogP contribution in [0.25, 0.3) is 0 Å². The first-order chi connectivity index (χ1) is 9.69. The third-order valence-corrected chi connectivity index (χ3v) is 2.16.